The number of benzene rings is 1. The molecule has 0 bridgehead atoms. The summed E-state index contributed by atoms with van der Waals surface area (Å²) in [5, 5.41) is 0.675. The van der Waals surface area contributed by atoms with Gasteiger partial charge in [0.25, 0.3) is 5.91 Å². The predicted octanol–water partition coefficient (Wildman–Crippen LogP) is 3.69. The van der Waals surface area contributed by atoms with Crippen LogP contribution in [0.1, 0.15) is 32.8 Å². The minimum atomic E-state index is -0.417. The summed E-state index contributed by atoms with van der Waals surface area (Å²) in [6, 6.07) is 7.64. The fourth-order valence-electron chi connectivity index (χ4n) is 2.28. The van der Waals surface area contributed by atoms with Crippen LogP contribution in [0, 0.1) is 0 Å². The van der Waals surface area contributed by atoms with Crippen molar-refractivity contribution >= 4 is 17.5 Å². The number of carbonyl (C=O) groups is 1. The third-order valence-electron chi connectivity index (χ3n) is 3.74. The number of hydrogen-bond donors (Lipinski definition) is 0. The van der Waals surface area contributed by atoms with Crippen LogP contribution in [0.4, 0.5) is 0 Å². The first-order valence-electron chi connectivity index (χ1n) is 6.36. The summed E-state index contributed by atoms with van der Waals surface area (Å²) in [7, 11) is 0. The fourth-order valence-corrected chi connectivity index (χ4v) is 2.47. The van der Waals surface area contributed by atoms with Crippen LogP contribution in [0.3, 0.4) is 0 Å². The molecule has 1 aliphatic rings. The van der Waals surface area contributed by atoms with Gasteiger partial charge < -0.3 is 4.74 Å². The zero-order valence-electron chi connectivity index (χ0n) is 11.4. The molecule has 4 heteroatoms. The van der Waals surface area contributed by atoms with Gasteiger partial charge in [0, 0.05) is 11.1 Å². The number of ether oxygens (including phenoxy) is 1. The van der Waals surface area contributed by atoms with Crippen LogP contribution in [0.25, 0.3) is 0 Å². The van der Waals surface area contributed by atoms with Gasteiger partial charge in [0.1, 0.15) is 5.76 Å². The van der Waals surface area contributed by atoms with E-state index >= 15 is 0 Å². The number of carbonyl (C=O) groups excluding carboxylic acids is 1. The van der Waals surface area contributed by atoms with Crippen LogP contribution in [0.5, 0.6) is 0 Å². The molecule has 0 aliphatic carbocycles. The second-order valence-corrected chi connectivity index (χ2v) is 5.37. The van der Waals surface area contributed by atoms with Crippen molar-refractivity contribution in [2.45, 2.75) is 32.7 Å². The highest BCUT2D eigenvalue weighted by Crippen LogP contribution is 2.34. The Kier molecular flexibility index (Phi) is 3.85. The van der Waals surface area contributed by atoms with E-state index < -0.39 is 5.54 Å². The van der Waals surface area contributed by atoms with Crippen molar-refractivity contribution in [3.05, 3.63) is 46.7 Å². The molecular formula is C15H18ClNO2. The second-order valence-electron chi connectivity index (χ2n) is 4.93. The van der Waals surface area contributed by atoms with Gasteiger partial charge in [0.15, 0.2) is 6.73 Å². The van der Waals surface area contributed by atoms with E-state index in [2.05, 4.69) is 6.92 Å². The molecule has 19 heavy (non-hydrogen) atoms. The molecule has 102 valence electrons. The van der Waals surface area contributed by atoms with Crippen molar-refractivity contribution in [3.63, 3.8) is 0 Å². The van der Waals surface area contributed by atoms with Crippen molar-refractivity contribution in [3.8, 4) is 0 Å². The lowest BCUT2D eigenvalue weighted by molar-refractivity contribution is -0.142. The molecule has 3 nitrogen and oxygen atoms in total. The highest BCUT2D eigenvalue weighted by atomic mass is 35.5. The van der Waals surface area contributed by atoms with E-state index in [1.165, 1.54) is 6.08 Å². The van der Waals surface area contributed by atoms with Crippen molar-refractivity contribution in [2.75, 3.05) is 6.73 Å². The molecule has 0 saturated heterocycles. The van der Waals surface area contributed by atoms with Gasteiger partial charge in [-0.25, -0.2) is 0 Å². The minimum absolute atomic E-state index is 0.0203. The molecule has 0 fully saturated rings. The summed E-state index contributed by atoms with van der Waals surface area (Å²) in [6.45, 7) is 6.16. The van der Waals surface area contributed by atoms with Crippen LogP contribution >= 0.6 is 11.6 Å². The van der Waals surface area contributed by atoms with Crippen molar-refractivity contribution in [1.29, 1.82) is 0 Å². The van der Waals surface area contributed by atoms with Crippen molar-refractivity contribution in [2.24, 2.45) is 0 Å². The van der Waals surface area contributed by atoms with Gasteiger partial charge in [-0.2, -0.15) is 0 Å². The van der Waals surface area contributed by atoms with Crippen LogP contribution in [-0.2, 0) is 15.1 Å². The van der Waals surface area contributed by atoms with Crippen LogP contribution in [0.15, 0.2) is 36.1 Å². The maximum absolute atomic E-state index is 12.2. The number of rotatable bonds is 3. The Balaban J connectivity index is 2.40. The molecule has 1 aromatic carbocycles. The Bertz CT molecular complexity index is 527. The number of nitrogens with zero attached hydrogens (tertiary/aromatic N) is 1. The Labute approximate surface area is 118 Å². The summed E-state index contributed by atoms with van der Waals surface area (Å²) >= 11 is 6.06. The van der Waals surface area contributed by atoms with Crippen LogP contribution in [0.2, 0.25) is 5.02 Å². The first-order valence-corrected chi connectivity index (χ1v) is 6.74. The third-order valence-corrected chi connectivity index (χ3v) is 3.98. The van der Waals surface area contributed by atoms with E-state index in [0.29, 0.717) is 10.8 Å². The van der Waals surface area contributed by atoms with Crippen molar-refractivity contribution in [1.82, 2.24) is 4.90 Å². The number of hydrogen-bond acceptors (Lipinski definition) is 2. The van der Waals surface area contributed by atoms with Gasteiger partial charge in [0.2, 0.25) is 0 Å². The SMILES string of the molecule is CCC(C)(c1cccc(Cl)c1)N1COC(C)=CC1=O. The monoisotopic (exact) mass is 279 g/mol. The van der Waals surface area contributed by atoms with E-state index in [4.69, 9.17) is 16.3 Å². The number of allylic oxidation sites excluding steroid dienone is 1. The van der Waals surface area contributed by atoms with Crippen LogP contribution in [-0.4, -0.2) is 17.5 Å². The molecule has 1 aliphatic heterocycles. The molecule has 1 amide bonds. The zero-order valence-corrected chi connectivity index (χ0v) is 12.2. The maximum Gasteiger partial charge on any atom is 0.253 e. The number of amides is 1. The molecule has 1 heterocycles. The quantitative estimate of drug-likeness (QED) is 0.845. The molecule has 0 saturated carbocycles. The normalized spacial score (nSPS) is 18.6. The Morgan fingerprint density at radius 3 is 2.79 bits per heavy atom. The van der Waals surface area contributed by atoms with E-state index in [1.807, 2.05) is 31.2 Å². The summed E-state index contributed by atoms with van der Waals surface area (Å²) in [6.07, 6.45) is 2.32. The highest BCUT2D eigenvalue weighted by molar-refractivity contribution is 6.30. The third kappa shape index (κ3) is 2.61. The predicted molar refractivity (Wildman–Crippen MR) is 75.7 cm³/mol. The molecule has 0 aromatic heterocycles. The second kappa shape index (κ2) is 5.25. The van der Waals surface area contributed by atoms with Crippen molar-refractivity contribution < 1.29 is 9.53 Å². The van der Waals surface area contributed by atoms with E-state index in [-0.39, 0.29) is 12.6 Å². The topological polar surface area (TPSA) is 29.5 Å². The van der Waals surface area contributed by atoms with Gasteiger partial charge in [-0.15, -0.1) is 0 Å². The molecule has 2 rings (SSSR count). The Morgan fingerprint density at radius 2 is 2.21 bits per heavy atom. The lowest BCUT2D eigenvalue weighted by Gasteiger charge is -2.42. The van der Waals surface area contributed by atoms with E-state index in [1.54, 1.807) is 11.8 Å². The molecule has 1 aromatic rings. The first kappa shape index (κ1) is 13.9. The zero-order chi connectivity index (χ0) is 14.0. The summed E-state index contributed by atoms with van der Waals surface area (Å²) < 4.78 is 5.49. The van der Waals surface area contributed by atoms with Gasteiger partial charge in [-0.1, -0.05) is 30.7 Å². The molecular weight excluding hydrogens is 262 g/mol. The highest BCUT2D eigenvalue weighted by Gasteiger charge is 2.36. The first-order chi connectivity index (χ1) is 8.97. The van der Waals surface area contributed by atoms with E-state index in [9.17, 15) is 4.79 Å². The average molecular weight is 280 g/mol. The molecule has 0 radical (unpaired) electrons. The molecule has 0 N–H and O–H groups in total. The van der Waals surface area contributed by atoms with Gasteiger partial charge in [-0.05, 0) is 38.0 Å². The smallest absolute Gasteiger partial charge is 0.253 e. The lowest BCUT2D eigenvalue weighted by atomic mass is 9.87. The largest absolute Gasteiger partial charge is 0.477 e. The lowest BCUT2D eigenvalue weighted by Crippen LogP contribution is -2.49. The van der Waals surface area contributed by atoms with Gasteiger partial charge in [-0.3, -0.25) is 9.69 Å². The van der Waals surface area contributed by atoms with Gasteiger partial charge >= 0.3 is 0 Å². The minimum Gasteiger partial charge on any atom is -0.477 e. The van der Waals surface area contributed by atoms with Crippen LogP contribution < -0.4 is 0 Å². The summed E-state index contributed by atoms with van der Waals surface area (Å²) in [5.41, 5.74) is 0.603. The maximum atomic E-state index is 12.2. The summed E-state index contributed by atoms with van der Waals surface area (Å²) in [4.78, 5) is 13.9. The van der Waals surface area contributed by atoms with E-state index in [0.717, 1.165) is 12.0 Å². The average Bonchev–Trinajstić information content (AvgIpc) is 2.38. The fraction of sp³-hybridized carbons (Fsp3) is 0.400. The van der Waals surface area contributed by atoms with Gasteiger partial charge in [0.05, 0.1) is 5.54 Å². The molecule has 1 unspecified atom stereocenters. The molecule has 0 spiro atoms. The molecule has 1 atom stereocenters. The summed E-state index contributed by atoms with van der Waals surface area (Å²) in [5.74, 6) is 0.638. The number of halogens is 1. The Morgan fingerprint density at radius 1 is 1.47 bits per heavy atom. The standard InChI is InChI=1S/C15H18ClNO2/c1-4-15(3,12-6-5-7-13(16)9-12)17-10-19-11(2)8-14(17)18/h5-9H,4,10H2,1-3H3. The Hall–Kier alpha value is -1.48.